The Balaban J connectivity index is 1.72. The summed E-state index contributed by atoms with van der Waals surface area (Å²) in [6.45, 7) is 0.852. The normalized spacial score (nSPS) is 21.9. The molecule has 1 aliphatic carbocycles. The van der Waals surface area contributed by atoms with E-state index in [1.54, 1.807) is 24.4 Å². The first kappa shape index (κ1) is 22.8. The number of alkyl halides is 1. The van der Waals surface area contributed by atoms with Crippen molar-refractivity contribution in [1.29, 1.82) is 0 Å². The summed E-state index contributed by atoms with van der Waals surface area (Å²) in [5.74, 6) is 9.36. The number of aliphatic hydroxyl groups excluding tert-OH is 1. The highest BCUT2D eigenvalue weighted by atomic mass is 32.2. The predicted octanol–water partition coefficient (Wildman–Crippen LogP) is 0.811. The molecule has 1 unspecified atom stereocenters. The standard InChI is InChI=1S/C21H22FN3O5S/c1-20(19(27)24-28,31(2,29)30)9-10-25-13-16-11-15(7-8-18(16)23-25)5-3-4-6-17-12-21(17,22)14-26/h7-8,11,13,17,26,28H,9-10,12,14H2,1-2H3,(H,24,27)/t17-,20?,21-/m0/s1. The SMILES string of the molecule is CC(CCn1cc2cc(C#CC#C[C@H]3C[C@]3(F)CO)ccc2n1)(C(=O)NO)S(C)(=O)=O. The van der Waals surface area contributed by atoms with Crippen LogP contribution in [-0.4, -0.2) is 57.7 Å². The first-order valence-electron chi connectivity index (χ1n) is 9.45. The molecule has 1 amide bonds. The summed E-state index contributed by atoms with van der Waals surface area (Å²) in [5.41, 5.74) is 1.16. The molecule has 8 nitrogen and oxygen atoms in total. The van der Waals surface area contributed by atoms with Crippen LogP contribution in [0.3, 0.4) is 0 Å². The maximum absolute atomic E-state index is 13.6. The highest BCUT2D eigenvalue weighted by molar-refractivity contribution is 7.92. The van der Waals surface area contributed by atoms with Gasteiger partial charge >= 0.3 is 0 Å². The van der Waals surface area contributed by atoms with Gasteiger partial charge in [0.1, 0.15) is 5.67 Å². The highest BCUT2D eigenvalue weighted by Crippen LogP contribution is 2.46. The second-order valence-corrected chi connectivity index (χ2v) is 10.3. The van der Waals surface area contributed by atoms with Crippen molar-refractivity contribution in [1.82, 2.24) is 15.3 Å². The van der Waals surface area contributed by atoms with E-state index in [-0.39, 0.29) is 19.4 Å². The van der Waals surface area contributed by atoms with Crippen molar-refractivity contribution >= 4 is 26.6 Å². The lowest BCUT2D eigenvalue weighted by Gasteiger charge is -2.24. The van der Waals surface area contributed by atoms with Crippen molar-refractivity contribution in [2.24, 2.45) is 5.92 Å². The summed E-state index contributed by atoms with van der Waals surface area (Å²) in [7, 11) is -3.79. The quantitative estimate of drug-likeness (QED) is 0.342. The maximum Gasteiger partial charge on any atom is 0.264 e. The molecule has 164 valence electrons. The van der Waals surface area contributed by atoms with Gasteiger partial charge in [-0.2, -0.15) is 5.10 Å². The molecule has 0 spiro atoms. The summed E-state index contributed by atoms with van der Waals surface area (Å²) in [5, 5.41) is 22.9. The summed E-state index contributed by atoms with van der Waals surface area (Å²) in [6.07, 6.45) is 2.78. The lowest BCUT2D eigenvalue weighted by atomic mass is 10.1. The molecule has 1 aromatic carbocycles. The first-order chi connectivity index (χ1) is 14.5. The number of nitrogens with zero attached hydrogens (tertiary/aromatic N) is 2. The number of sulfone groups is 1. The fraction of sp³-hybridized carbons (Fsp3) is 0.429. The summed E-state index contributed by atoms with van der Waals surface area (Å²) < 4.78 is 37.4. The molecule has 1 fully saturated rings. The van der Waals surface area contributed by atoms with Crippen LogP contribution in [0.25, 0.3) is 10.9 Å². The molecule has 1 saturated carbocycles. The Labute approximate surface area is 179 Å². The molecule has 10 heteroatoms. The molecule has 0 radical (unpaired) electrons. The Morgan fingerprint density at radius 3 is 2.81 bits per heavy atom. The zero-order valence-corrected chi connectivity index (χ0v) is 17.8. The molecule has 3 atom stereocenters. The zero-order valence-electron chi connectivity index (χ0n) is 17.0. The van der Waals surface area contributed by atoms with Crippen LogP contribution in [0.1, 0.15) is 25.3 Å². The number of halogens is 1. The third-order valence-electron chi connectivity index (χ3n) is 5.56. The smallest absolute Gasteiger partial charge is 0.264 e. The van der Waals surface area contributed by atoms with E-state index in [0.717, 1.165) is 11.6 Å². The van der Waals surface area contributed by atoms with E-state index < -0.39 is 38.7 Å². The number of benzene rings is 1. The molecule has 3 N–H and O–H groups in total. The van der Waals surface area contributed by atoms with Gasteiger partial charge in [0.2, 0.25) is 0 Å². The Hall–Kier alpha value is -2.92. The van der Waals surface area contributed by atoms with Crippen LogP contribution in [0.2, 0.25) is 0 Å². The number of fused-ring (bicyclic) bond motifs is 1. The minimum atomic E-state index is -3.79. The number of aromatic nitrogens is 2. The lowest BCUT2D eigenvalue weighted by Crippen LogP contribution is -2.49. The minimum Gasteiger partial charge on any atom is -0.393 e. The molecule has 1 aromatic heterocycles. The number of hydrogen-bond acceptors (Lipinski definition) is 6. The molecule has 0 bridgehead atoms. The number of aryl methyl sites for hydroxylation is 1. The van der Waals surface area contributed by atoms with E-state index in [0.29, 0.717) is 11.1 Å². The number of hydroxylamine groups is 1. The fourth-order valence-corrected chi connectivity index (χ4v) is 3.89. The molecule has 1 aliphatic rings. The lowest BCUT2D eigenvalue weighted by molar-refractivity contribution is -0.131. The van der Waals surface area contributed by atoms with Gasteiger partial charge in [0, 0.05) is 36.4 Å². The molecule has 1 heterocycles. The van der Waals surface area contributed by atoms with Crippen molar-refractivity contribution in [2.75, 3.05) is 12.9 Å². The first-order valence-corrected chi connectivity index (χ1v) is 11.3. The van der Waals surface area contributed by atoms with E-state index in [9.17, 15) is 17.6 Å². The highest BCUT2D eigenvalue weighted by Gasteiger charge is 2.54. The molecular formula is C21H22FN3O5S. The van der Waals surface area contributed by atoms with Crippen molar-refractivity contribution in [3.63, 3.8) is 0 Å². The summed E-state index contributed by atoms with van der Waals surface area (Å²) in [6, 6.07) is 5.28. The monoisotopic (exact) mass is 447 g/mol. The minimum absolute atomic E-state index is 0.0838. The van der Waals surface area contributed by atoms with Gasteiger partial charge in [-0.3, -0.25) is 14.7 Å². The molecule has 31 heavy (non-hydrogen) atoms. The molecule has 3 rings (SSSR count). The molecule has 0 saturated heterocycles. The number of hydrogen-bond donors (Lipinski definition) is 3. The third kappa shape index (κ3) is 4.72. The Morgan fingerprint density at radius 1 is 1.45 bits per heavy atom. The van der Waals surface area contributed by atoms with Crippen LogP contribution in [0, 0.1) is 29.6 Å². The average Bonchev–Trinajstić information content (AvgIpc) is 3.20. The third-order valence-corrected chi connectivity index (χ3v) is 7.58. The van der Waals surface area contributed by atoms with Crippen LogP contribution in [0.5, 0.6) is 0 Å². The van der Waals surface area contributed by atoms with Crippen molar-refractivity contribution < 1.29 is 27.9 Å². The molecule has 2 aromatic rings. The van der Waals surface area contributed by atoms with E-state index >= 15 is 0 Å². The van der Waals surface area contributed by atoms with E-state index in [2.05, 4.69) is 28.8 Å². The Kier molecular flexibility index (Phi) is 6.10. The Morgan fingerprint density at radius 2 is 2.19 bits per heavy atom. The number of carbonyl (C=O) groups is 1. The zero-order chi connectivity index (χ0) is 22.9. The van der Waals surface area contributed by atoms with Crippen LogP contribution in [0.4, 0.5) is 4.39 Å². The topological polar surface area (TPSA) is 122 Å². The van der Waals surface area contributed by atoms with E-state index in [1.807, 2.05) is 0 Å². The molecular weight excluding hydrogens is 425 g/mol. The van der Waals surface area contributed by atoms with Gasteiger partial charge in [-0.25, -0.2) is 18.3 Å². The summed E-state index contributed by atoms with van der Waals surface area (Å²) in [4.78, 5) is 11.9. The van der Waals surface area contributed by atoms with E-state index in [4.69, 9.17) is 10.3 Å². The van der Waals surface area contributed by atoms with Crippen LogP contribution >= 0.6 is 0 Å². The Bertz CT molecular complexity index is 1250. The predicted molar refractivity (Wildman–Crippen MR) is 111 cm³/mol. The number of amides is 1. The van der Waals surface area contributed by atoms with Gasteiger partial charge in [0.15, 0.2) is 14.6 Å². The van der Waals surface area contributed by atoms with Crippen LogP contribution < -0.4 is 5.48 Å². The van der Waals surface area contributed by atoms with Gasteiger partial charge in [-0.1, -0.05) is 11.8 Å². The second kappa shape index (κ2) is 8.31. The van der Waals surface area contributed by atoms with Gasteiger partial charge in [0.25, 0.3) is 5.91 Å². The average molecular weight is 447 g/mol. The maximum atomic E-state index is 13.6. The van der Waals surface area contributed by atoms with Gasteiger partial charge in [0.05, 0.1) is 18.0 Å². The second-order valence-electron chi connectivity index (χ2n) is 7.83. The largest absolute Gasteiger partial charge is 0.393 e. The fourth-order valence-electron chi connectivity index (χ4n) is 3.04. The van der Waals surface area contributed by atoms with Gasteiger partial charge in [-0.05, 0) is 43.4 Å². The van der Waals surface area contributed by atoms with Gasteiger partial charge < -0.3 is 5.11 Å². The van der Waals surface area contributed by atoms with Crippen LogP contribution in [0.15, 0.2) is 24.4 Å². The van der Waals surface area contributed by atoms with Crippen LogP contribution in [-0.2, 0) is 21.2 Å². The van der Waals surface area contributed by atoms with Crippen molar-refractivity contribution in [2.45, 2.75) is 36.7 Å². The number of nitrogens with one attached hydrogen (secondary N) is 1. The van der Waals surface area contributed by atoms with Crippen molar-refractivity contribution in [3.05, 3.63) is 30.0 Å². The van der Waals surface area contributed by atoms with E-state index in [1.165, 1.54) is 17.1 Å². The number of aliphatic hydroxyl groups is 1. The number of rotatable bonds is 6. The van der Waals surface area contributed by atoms with Crippen molar-refractivity contribution in [3.8, 4) is 23.7 Å². The summed E-state index contributed by atoms with van der Waals surface area (Å²) >= 11 is 0. The molecule has 0 aliphatic heterocycles. The number of carbonyl (C=O) groups excluding carboxylic acids is 1. The van der Waals surface area contributed by atoms with Gasteiger partial charge in [-0.15, -0.1) is 0 Å².